The Morgan fingerprint density at radius 3 is 2.88 bits per heavy atom. The van der Waals surface area contributed by atoms with Gasteiger partial charge >= 0.3 is 0 Å². The second-order valence-electron chi connectivity index (χ2n) is 3.81. The molecular weight excluding hydrogens is 208 g/mol. The Bertz CT molecular complexity index is 322. The van der Waals surface area contributed by atoms with E-state index < -0.39 is 0 Å². The SMILES string of the molecule is CCNC(C)c1nc(N2CCOCC2)no1. The van der Waals surface area contributed by atoms with Gasteiger partial charge in [0, 0.05) is 13.1 Å². The van der Waals surface area contributed by atoms with E-state index in [1.54, 1.807) is 0 Å². The maximum Gasteiger partial charge on any atom is 0.266 e. The minimum atomic E-state index is 0.104. The van der Waals surface area contributed by atoms with Crippen molar-refractivity contribution in [1.82, 2.24) is 15.5 Å². The lowest BCUT2D eigenvalue weighted by Gasteiger charge is -2.24. The molecule has 0 bridgehead atoms. The van der Waals surface area contributed by atoms with Crippen LogP contribution in [0.4, 0.5) is 5.95 Å². The highest BCUT2D eigenvalue weighted by atomic mass is 16.5. The Labute approximate surface area is 95.0 Å². The zero-order valence-corrected chi connectivity index (χ0v) is 9.77. The maximum atomic E-state index is 5.27. The molecule has 1 saturated heterocycles. The topological polar surface area (TPSA) is 63.4 Å². The van der Waals surface area contributed by atoms with E-state index in [9.17, 15) is 0 Å². The van der Waals surface area contributed by atoms with Crippen LogP contribution in [0.25, 0.3) is 0 Å². The van der Waals surface area contributed by atoms with Gasteiger partial charge in [-0.3, -0.25) is 0 Å². The van der Waals surface area contributed by atoms with Crippen LogP contribution in [0.3, 0.4) is 0 Å². The van der Waals surface area contributed by atoms with Crippen LogP contribution in [0.5, 0.6) is 0 Å². The highest BCUT2D eigenvalue weighted by Crippen LogP contribution is 2.15. The zero-order chi connectivity index (χ0) is 11.4. The van der Waals surface area contributed by atoms with Gasteiger partial charge in [-0.25, -0.2) is 0 Å². The van der Waals surface area contributed by atoms with Crippen molar-refractivity contribution in [1.29, 1.82) is 0 Å². The number of nitrogens with one attached hydrogen (secondary N) is 1. The molecule has 2 rings (SSSR count). The smallest absolute Gasteiger partial charge is 0.266 e. The largest absolute Gasteiger partial charge is 0.378 e. The van der Waals surface area contributed by atoms with Gasteiger partial charge in [0.2, 0.25) is 5.89 Å². The Kier molecular flexibility index (Phi) is 3.74. The van der Waals surface area contributed by atoms with Gasteiger partial charge < -0.3 is 19.5 Å². The van der Waals surface area contributed by atoms with Gasteiger partial charge in [0.15, 0.2) is 0 Å². The first kappa shape index (κ1) is 11.3. The van der Waals surface area contributed by atoms with E-state index in [1.165, 1.54) is 0 Å². The second-order valence-corrected chi connectivity index (χ2v) is 3.81. The highest BCUT2D eigenvalue weighted by Gasteiger charge is 2.19. The maximum absolute atomic E-state index is 5.27. The Morgan fingerprint density at radius 1 is 1.44 bits per heavy atom. The molecule has 0 saturated carbocycles. The van der Waals surface area contributed by atoms with Crippen LogP contribution in [-0.2, 0) is 4.74 Å². The lowest BCUT2D eigenvalue weighted by atomic mass is 10.3. The minimum absolute atomic E-state index is 0.104. The summed E-state index contributed by atoms with van der Waals surface area (Å²) in [4.78, 5) is 6.46. The molecule has 0 amide bonds. The summed E-state index contributed by atoms with van der Waals surface area (Å²) in [7, 11) is 0. The Balaban J connectivity index is 2.00. The molecule has 1 aromatic heterocycles. The average Bonchev–Trinajstić information content (AvgIpc) is 2.80. The van der Waals surface area contributed by atoms with Crippen molar-refractivity contribution >= 4 is 5.95 Å². The van der Waals surface area contributed by atoms with Crippen LogP contribution in [0, 0.1) is 0 Å². The molecule has 1 atom stereocenters. The summed E-state index contributed by atoms with van der Waals surface area (Å²) in [5.74, 6) is 1.31. The van der Waals surface area contributed by atoms with Crippen molar-refractivity contribution in [2.75, 3.05) is 37.7 Å². The highest BCUT2D eigenvalue weighted by molar-refractivity contribution is 5.28. The molecule has 0 spiro atoms. The molecule has 1 aliphatic rings. The minimum Gasteiger partial charge on any atom is -0.378 e. The normalized spacial score (nSPS) is 18.8. The van der Waals surface area contributed by atoms with E-state index in [1.807, 2.05) is 6.92 Å². The first-order valence-electron chi connectivity index (χ1n) is 5.71. The lowest BCUT2D eigenvalue weighted by Crippen LogP contribution is -2.36. The zero-order valence-electron chi connectivity index (χ0n) is 9.77. The molecule has 0 aliphatic carbocycles. The fourth-order valence-corrected chi connectivity index (χ4v) is 1.69. The Hall–Kier alpha value is -1.14. The van der Waals surface area contributed by atoms with Gasteiger partial charge in [-0.15, -0.1) is 0 Å². The molecule has 1 unspecified atom stereocenters. The van der Waals surface area contributed by atoms with E-state index in [2.05, 4.69) is 27.3 Å². The van der Waals surface area contributed by atoms with E-state index in [-0.39, 0.29) is 6.04 Å². The predicted molar refractivity (Wildman–Crippen MR) is 59.4 cm³/mol. The monoisotopic (exact) mass is 226 g/mol. The van der Waals surface area contributed by atoms with Crippen LogP contribution < -0.4 is 10.2 Å². The molecule has 0 aromatic carbocycles. The van der Waals surface area contributed by atoms with Crippen LogP contribution >= 0.6 is 0 Å². The van der Waals surface area contributed by atoms with Gasteiger partial charge in [0.05, 0.1) is 19.3 Å². The van der Waals surface area contributed by atoms with E-state index in [0.29, 0.717) is 11.8 Å². The number of anilines is 1. The van der Waals surface area contributed by atoms with Crippen LogP contribution in [0.1, 0.15) is 25.8 Å². The van der Waals surface area contributed by atoms with Crippen molar-refractivity contribution in [3.05, 3.63) is 5.89 Å². The molecule has 2 heterocycles. The number of ether oxygens (including phenoxy) is 1. The van der Waals surface area contributed by atoms with Gasteiger partial charge in [-0.1, -0.05) is 6.92 Å². The van der Waals surface area contributed by atoms with Gasteiger partial charge in [0.25, 0.3) is 5.95 Å². The van der Waals surface area contributed by atoms with E-state index >= 15 is 0 Å². The number of morpholine rings is 1. The van der Waals surface area contributed by atoms with E-state index in [4.69, 9.17) is 9.26 Å². The van der Waals surface area contributed by atoms with Crippen LogP contribution in [0.15, 0.2) is 4.52 Å². The average molecular weight is 226 g/mol. The molecule has 6 heteroatoms. The molecule has 90 valence electrons. The molecule has 1 N–H and O–H groups in total. The van der Waals surface area contributed by atoms with Gasteiger partial charge in [-0.2, -0.15) is 4.98 Å². The van der Waals surface area contributed by atoms with Crippen LogP contribution in [0.2, 0.25) is 0 Å². The lowest BCUT2D eigenvalue weighted by molar-refractivity contribution is 0.121. The number of hydrogen-bond acceptors (Lipinski definition) is 6. The molecular formula is C10H18N4O2. The molecule has 0 radical (unpaired) electrons. The van der Waals surface area contributed by atoms with Crippen molar-refractivity contribution in [2.24, 2.45) is 0 Å². The molecule has 1 aliphatic heterocycles. The summed E-state index contributed by atoms with van der Waals surface area (Å²) in [6.45, 7) is 8.06. The first-order chi connectivity index (χ1) is 7.81. The fourth-order valence-electron chi connectivity index (χ4n) is 1.69. The Morgan fingerprint density at radius 2 is 2.19 bits per heavy atom. The molecule has 1 aromatic rings. The second kappa shape index (κ2) is 5.27. The number of rotatable bonds is 4. The quantitative estimate of drug-likeness (QED) is 0.810. The number of hydrogen-bond donors (Lipinski definition) is 1. The standard InChI is InChI=1S/C10H18N4O2/c1-3-11-8(2)9-12-10(13-16-9)14-4-6-15-7-5-14/h8,11H,3-7H2,1-2H3. The van der Waals surface area contributed by atoms with Crippen LogP contribution in [-0.4, -0.2) is 43.0 Å². The van der Waals surface area contributed by atoms with E-state index in [0.717, 1.165) is 32.8 Å². The molecule has 16 heavy (non-hydrogen) atoms. The molecule has 6 nitrogen and oxygen atoms in total. The third-order valence-corrected chi connectivity index (χ3v) is 2.61. The first-order valence-corrected chi connectivity index (χ1v) is 5.71. The van der Waals surface area contributed by atoms with Gasteiger partial charge in [0.1, 0.15) is 0 Å². The van der Waals surface area contributed by atoms with Crippen molar-refractivity contribution in [3.8, 4) is 0 Å². The summed E-state index contributed by atoms with van der Waals surface area (Å²) in [6, 6.07) is 0.104. The van der Waals surface area contributed by atoms with Crippen molar-refractivity contribution in [2.45, 2.75) is 19.9 Å². The number of nitrogens with zero attached hydrogens (tertiary/aromatic N) is 3. The summed E-state index contributed by atoms with van der Waals surface area (Å²) in [6.07, 6.45) is 0. The predicted octanol–water partition coefficient (Wildman–Crippen LogP) is 0.577. The summed E-state index contributed by atoms with van der Waals surface area (Å²) < 4.78 is 10.5. The number of aromatic nitrogens is 2. The summed E-state index contributed by atoms with van der Waals surface area (Å²) in [5, 5.41) is 7.23. The fraction of sp³-hybridized carbons (Fsp3) is 0.800. The van der Waals surface area contributed by atoms with Crippen molar-refractivity contribution in [3.63, 3.8) is 0 Å². The van der Waals surface area contributed by atoms with Gasteiger partial charge in [-0.05, 0) is 18.6 Å². The summed E-state index contributed by atoms with van der Waals surface area (Å²) >= 11 is 0. The third-order valence-electron chi connectivity index (χ3n) is 2.61. The third kappa shape index (κ3) is 2.51. The summed E-state index contributed by atoms with van der Waals surface area (Å²) in [5.41, 5.74) is 0. The van der Waals surface area contributed by atoms with Crippen molar-refractivity contribution < 1.29 is 9.26 Å². The molecule has 1 fully saturated rings.